The van der Waals surface area contributed by atoms with Gasteiger partial charge in [-0.05, 0) is 19.3 Å². The van der Waals surface area contributed by atoms with E-state index in [0.717, 1.165) is 6.92 Å². The summed E-state index contributed by atoms with van der Waals surface area (Å²) in [5.41, 5.74) is 0. The van der Waals surface area contributed by atoms with E-state index in [0.29, 0.717) is 6.42 Å². The van der Waals surface area contributed by atoms with Gasteiger partial charge >= 0.3 is 0 Å². The van der Waals surface area contributed by atoms with E-state index in [9.17, 15) is 13.2 Å². The molecule has 0 saturated heterocycles. The van der Waals surface area contributed by atoms with Gasteiger partial charge in [0.2, 0.25) is 0 Å². The lowest BCUT2D eigenvalue weighted by molar-refractivity contribution is -0.0743. The minimum absolute atomic E-state index is 0.208. The number of hydrogen-bond acceptors (Lipinski definition) is 0. The molecule has 0 aromatic heterocycles. The highest BCUT2D eigenvalue weighted by molar-refractivity contribution is 4.73. The van der Waals surface area contributed by atoms with Crippen molar-refractivity contribution in [2.75, 3.05) is 0 Å². The van der Waals surface area contributed by atoms with Gasteiger partial charge in [0.1, 0.15) is 0 Å². The predicted octanol–water partition coefficient (Wildman–Crippen LogP) is 3.42. The van der Waals surface area contributed by atoms with Crippen LogP contribution in [0.5, 0.6) is 0 Å². The molecule has 0 N–H and O–H groups in total. The molecule has 0 amide bonds. The van der Waals surface area contributed by atoms with Crippen LogP contribution in [-0.4, -0.2) is 12.1 Å². The van der Waals surface area contributed by atoms with Gasteiger partial charge in [-0.3, -0.25) is 0 Å². The molecule has 0 rings (SSSR count). The summed E-state index contributed by atoms with van der Waals surface area (Å²) in [5.74, 6) is -2.93. The minimum Gasteiger partial charge on any atom is -0.241 e. The fourth-order valence-corrected chi connectivity index (χ4v) is 0.680. The molecule has 11 heavy (non-hydrogen) atoms. The Bertz CT molecular complexity index is 108. The van der Waals surface area contributed by atoms with E-state index in [1.54, 1.807) is 0 Å². The third kappa shape index (κ3) is 4.27. The maximum absolute atomic E-state index is 12.5. The van der Waals surface area contributed by atoms with Crippen molar-refractivity contribution in [3.8, 4) is 0 Å². The molecule has 3 heteroatoms. The molecule has 0 aliphatic rings. The summed E-state index contributed by atoms with van der Waals surface area (Å²) >= 11 is 0. The maximum Gasteiger partial charge on any atom is 0.278 e. The van der Waals surface area contributed by atoms with Gasteiger partial charge in [0, 0.05) is 6.42 Å². The molecule has 0 spiro atoms. The lowest BCUT2D eigenvalue weighted by atomic mass is 10.0. The Kier molecular flexibility index (Phi) is 3.90. The summed E-state index contributed by atoms with van der Waals surface area (Å²) in [6.07, 6.45) is -2.00. The summed E-state index contributed by atoms with van der Waals surface area (Å²) in [6, 6.07) is 0. The molecule has 0 aromatic carbocycles. The van der Waals surface area contributed by atoms with Crippen LogP contribution < -0.4 is 0 Å². The van der Waals surface area contributed by atoms with E-state index in [1.165, 1.54) is 0 Å². The van der Waals surface area contributed by atoms with Crippen molar-refractivity contribution in [2.24, 2.45) is 5.92 Å². The molecular weight excluding hydrogens is 153 g/mol. The molecule has 0 bridgehead atoms. The molecule has 1 atom stereocenters. The Labute approximate surface area is 65.8 Å². The fourth-order valence-electron chi connectivity index (χ4n) is 0.680. The zero-order chi connectivity index (χ0) is 9.07. The molecule has 68 valence electrons. The first-order chi connectivity index (χ1) is 4.86. The number of hydrogen-bond donors (Lipinski definition) is 0. The first kappa shape index (κ1) is 10.8. The summed E-state index contributed by atoms with van der Waals surface area (Å²) in [7, 11) is 0. The largest absolute Gasteiger partial charge is 0.278 e. The normalized spacial score (nSPS) is 15.5. The highest BCUT2D eigenvalue weighted by Crippen LogP contribution is 2.28. The first-order valence-corrected chi connectivity index (χ1v) is 3.88. The lowest BCUT2D eigenvalue weighted by Gasteiger charge is -2.18. The van der Waals surface area contributed by atoms with Gasteiger partial charge in [0.25, 0.3) is 5.92 Å². The third-order valence-electron chi connectivity index (χ3n) is 1.64. The first-order valence-electron chi connectivity index (χ1n) is 3.88. The van der Waals surface area contributed by atoms with Gasteiger partial charge in [-0.1, -0.05) is 13.8 Å². The van der Waals surface area contributed by atoms with Gasteiger partial charge < -0.3 is 0 Å². The topological polar surface area (TPSA) is 0 Å². The summed E-state index contributed by atoms with van der Waals surface area (Å²) in [5, 5.41) is 0. The van der Waals surface area contributed by atoms with Gasteiger partial charge in [0.15, 0.2) is 6.17 Å². The van der Waals surface area contributed by atoms with Crippen LogP contribution in [0.15, 0.2) is 0 Å². The van der Waals surface area contributed by atoms with Gasteiger partial charge in [-0.2, -0.15) is 0 Å². The Balaban J connectivity index is 3.73. The maximum atomic E-state index is 12.5. The molecule has 0 aliphatic heterocycles. The fraction of sp³-hybridized carbons (Fsp3) is 1.00. The van der Waals surface area contributed by atoms with E-state index < -0.39 is 12.1 Å². The number of alkyl halides is 3. The predicted molar refractivity (Wildman–Crippen MR) is 39.6 cm³/mol. The van der Waals surface area contributed by atoms with Crippen molar-refractivity contribution in [3.63, 3.8) is 0 Å². The highest BCUT2D eigenvalue weighted by Gasteiger charge is 2.35. The zero-order valence-electron chi connectivity index (χ0n) is 7.20. The summed E-state index contributed by atoms with van der Waals surface area (Å²) < 4.78 is 37.2. The second-order valence-electron chi connectivity index (χ2n) is 3.31. The number of rotatable bonds is 4. The summed E-state index contributed by atoms with van der Waals surface area (Å²) in [4.78, 5) is 0. The van der Waals surface area contributed by atoms with Crippen molar-refractivity contribution in [1.82, 2.24) is 0 Å². The van der Waals surface area contributed by atoms with Gasteiger partial charge in [-0.25, -0.2) is 13.2 Å². The molecule has 0 radical (unpaired) electrons. The SMILES string of the molecule is CC(C)CCC(F)(F)C(C)F. The van der Waals surface area contributed by atoms with E-state index >= 15 is 0 Å². The van der Waals surface area contributed by atoms with Gasteiger partial charge in [0.05, 0.1) is 0 Å². The molecular formula is C8H15F3. The second kappa shape index (κ2) is 3.98. The Hall–Kier alpha value is -0.210. The van der Waals surface area contributed by atoms with Crippen LogP contribution in [0.4, 0.5) is 13.2 Å². The van der Waals surface area contributed by atoms with Crippen LogP contribution in [0.25, 0.3) is 0 Å². The van der Waals surface area contributed by atoms with Gasteiger partial charge in [-0.15, -0.1) is 0 Å². The quantitative estimate of drug-likeness (QED) is 0.603. The second-order valence-corrected chi connectivity index (χ2v) is 3.31. The monoisotopic (exact) mass is 168 g/mol. The van der Waals surface area contributed by atoms with E-state index in [4.69, 9.17) is 0 Å². The Morgan fingerprint density at radius 2 is 1.64 bits per heavy atom. The van der Waals surface area contributed by atoms with Crippen LogP contribution in [0.2, 0.25) is 0 Å². The van der Waals surface area contributed by atoms with Crippen molar-refractivity contribution in [2.45, 2.75) is 45.7 Å². The van der Waals surface area contributed by atoms with Crippen molar-refractivity contribution in [1.29, 1.82) is 0 Å². The molecule has 0 aromatic rings. The Morgan fingerprint density at radius 3 is 1.91 bits per heavy atom. The highest BCUT2D eigenvalue weighted by atomic mass is 19.3. The van der Waals surface area contributed by atoms with Crippen molar-refractivity contribution >= 4 is 0 Å². The van der Waals surface area contributed by atoms with E-state index in [2.05, 4.69) is 0 Å². The zero-order valence-corrected chi connectivity index (χ0v) is 7.20. The molecule has 0 aliphatic carbocycles. The standard InChI is InChI=1S/C8H15F3/c1-6(2)4-5-8(10,11)7(3)9/h6-7H,4-5H2,1-3H3. The minimum atomic E-state index is -3.13. The van der Waals surface area contributed by atoms with Crippen LogP contribution in [0.3, 0.4) is 0 Å². The van der Waals surface area contributed by atoms with Crippen molar-refractivity contribution < 1.29 is 13.2 Å². The van der Waals surface area contributed by atoms with Crippen LogP contribution in [-0.2, 0) is 0 Å². The average molecular weight is 168 g/mol. The van der Waals surface area contributed by atoms with E-state index in [-0.39, 0.29) is 12.3 Å². The number of halogens is 3. The van der Waals surface area contributed by atoms with Crippen LogP contribution in [0, 0.1) is 5.92 Å². The van der Waals surface area contributed by atoms with Crippen molar-refractivity contribution in [3.05, 3.63) is 0 Å². The smallest absolute Gasteiger partial charge is 0.241 e. The Morgan fingerprint density at radius 1 is 1.18 bits per heavy atom. The average Bonchev–Trinajstić information content (AvgIpc) is 1.84. The molecule has 0 saturated carbocycles. The summed E-state index contributed by atoms with van der Waals surface area (Å²) in [6.45, 7) is 4.60. The molecule has 0 nitrogen and oxygen atoms in total. The third-order valence-corrected chi connectivity index (χ3v) is 1.64. The van der Waals surface area contributed by atoms with Crippen LogP contribution in [0.1, 0.15) is 33.6 Å². The lowest BCUT2D eigenvalue weighted by Crippen LogP contribution is -2.27. The molecule has 0 fully saturated rings. The molecule has 1 unspecified atom stereocenters. The van der Waals surface area contributed by atoms with E-state index in [1.807, 2.05) is 13.8 Å². The molecule has 0 heterocycles. The van der Waals surface area contributed by atoms with Crippen LogP contribution >= 0.6 is 0 Å².